The molecule has 0 radical (unpaired) electrons. The van der Waals surface area contributed by atoms with E-state index in [1.54, 1.807) is 6.07 Å². The maximum Gasteiger partial charge on any atom is 0.169 e. The van der Waals surface area contributed by atoms with Gasteiger partial charge >= 0.3 is 0 Å². The molecule has 2 aromatic carbocycles. The Hall–Kier alpha value is -2.31. The summed E-state index contributed by atoms with van der Waals surface area (Å²) in [6.45, 7) is 0. The van der Waals surface area contributed by atoms with E-state index in [0.717, 1.165) is 12.1 Å². The van der Waals surface area contributed by atoms with E-state index in [-0.39, 0.29) is 16.9 Å². The largest absolute Gasteiger partial charge is 0.456 e. The summed E-state index contributed by atoms with van der Waals surface area (Å²) in [6, 6.07) is 8.32. The van der Waals surface area contributed by atoms with Gasteiger partial charge < -0.3 is 4.42 Å². The highest BCUT2D eigenvalue weighted by Gasteiger charge is 2.24. The van der Waals surface area contributed by atoms with Crippen molar-refractivity contribution in [1.29, 1.82) is 0 Å². The maximum atomic E-state index is 13.9. The van der Waals surface area contributed by atoms with Crippen LogP contribution in [0.1, 0.15) is 17.4 Å². The number of fused-ring (bicyclic) bond motifs is 1. The molecular weight excluding hydrogens is 281 g/mol. The summed E-state index contributed by atoms with van der Waals surface area (Å²) in [4.78, 5) is 0. The summed E-state index contributed by atoms with van der Waals surface area (Å²) in [5.74, 6) is 3.44. The number of hydrogen-bond acceptors (Lipinski definition) is 3. The third-order valence-electron chi connectivity index (χ3n) is 3.25. The van der Waals surface area contributed by atoms with Crippen LogP contribution in [0.2, 0.25) is 0 Å². The van der Waals surface area contributed by atoms with E-state index in [4.69, 9.17) is 10.3 Å². The molecule has 1 heterocycles. The van der Waals surface area contributed by atoms with Crippen molar-refractivity contribution in [2.75, 3.05) is 0 Å². The van der Waals surface area contributed by atoms with Gasteiger partial charge in [-0.25, -0.2) is 18.6 Å². The quantitative estimate of drug-likeness (QED) is 0.574. The molecule has 1 atom stereocenters. The number of hydrogen-bond donors (Lipinski definition) is 2. The van der Waals surface area contributed by atoms with E-state index in [0.29, 0.717) is 5.39 Å². The van der Waals surface area contributed by atoms with E-state index in [2.05, 4.69) is 5.43 Å². The van der Waals surface area contributed by atoms with Gasteiger partial charge in [-0.3, -0.25) is 5.84 Å². The molecule has 6 heteroatoms. The van der Waals surface area contributed by atoms with E-state index in [1.165, 1.54) is 24.3 Å². The fraction of sp³-hybridized carbons (Fsp3) is 0.0667. The minimum atomic E-state index is -1.06. The van der Waals surface area contributed by atoms with Gasteiger partial charge in [0.1, 0.15) is 23.4 Å². The molecule has 0 saturated carbocycles. The van der Waals surface area contributed by atoms with E-state index < -0.39 is 23.5 Å². The van der Waals surface area contributed by atoms with Crippen LogP contribution < -0.4 is 11.3 Å². The van der Waals surface area contributed by atoms with Gasteiger partial charge in [0, 0.05) is 10.9 Å². The zero-order valence-electron chi connectivity index (χ0n) is 10.7. The average molecular weight is 292 g/mol. The fourth-order valence-electron chi connectivity index (χ4n) is 2.28. The molecule has 3 N–H and O–H groups in total. The number of furan rings is 1. The van der Waals surface area contributed by atoms with Crippen molar-refractivity contribution < 1.29 is 17.6 Å². The molecule has 0 saturated heterocycles. The van der Waals surface area contributed by atoms with Gasteiger partial charge in [-0.1, -0.05) is 18.2 Å². The third kappa shape index (κ3) is 2.28. The van der Waals surface area contributed by atoms with Gasteiger partial charge in [0.25, 0.3) is 0 Å². The summed E-state index contributed by atoms with van der Waals surface area (Å²) in [5.41, 5.74) is 2.04. The highest BCUT2D eigenvalue weighted by atomic mass is 19.1. The molecule has 0 fully saturated rings. The van der Waals surface area contributed by atoms with Crippen molar-refractivity contribution in [2.45, 2.75) is 6.04 Å². The van der Waals surface area contributed by atoms with Crippen LogP contribution in [0, 0.1) is 17.5 Å². The zero-order valence-corrected chi connectivity index (χ0v) is 10.7. The summed E-state index contributed by atoms with van der Waals surface area (Å²) in [7, 11) is 0. The van der Waals surface area contributed by atoms with Crippen LogP contribution in [0.25, 0.3) is 11.0 Å². The fourth-order valence-corrected chi connectivity index (χ4v) is 2.28. The Morgan fingerprint density at radius 3 is 2.19 bits per heavy atom. The van der Waals surface area contributed by atoms with Crippen LogP contribution in [0.3, 0.4) is 0 Å². The topological polar surface area (TPSA) is 51.2 Å². The van der Waals surface area contributed by atoms with Crippen molar-refractivity contribution in [3.05, 3.63) is 71.2 Å². The predicted octanol–water partition coefficient (Wildman–Crippen LogP) is 3.40. The van der Waals surface area contributed by atoms with Gasteiger partial charge in [0.15, 0.2) is 11.4 Å². The first-order chi connectivity index (χ1) is 10.1. The van der Waals surface area contributed by atoms with Gasteiger partial charge in [0.05, 0.1) is 0 Å². The Kier molecular flexibility index (Phi) is 3.40. The first-order valence-electron chi connectivity index (χ1n) is 6.20. The normalized spacial score (nSPS) is 12.8. The van der Waals surface area contributed by atoms with Crippen LogP contribution in [-0.4, -0.2) is 0 Å². The molecule has 0 amide bonds. The number of nitrogens with one attached hydrogen (secondary N) is 1. The van der Waals surface area contributed by atoms with E-state index >= 15 is 0 Å². The zero-order chi connectivity index (χ0) is 15.0. The Labute approximate surface area is 118 Å². The van der Waals surface area contributed by atoms with Crippen molar-refractivity contribution in [3.8, 4) is 0 Å². The minimum absolute atomic E-state index is 0.0181. The van der Waals surface area contributed by atoms with Crippen molar-refractivity contribution in [2.24, 2.45) is 5.84 Å². The number of halogens is 3. The van der Waals surface area contributed by atoms with Crippen molar-refractivity contribution in [1.82, 2.24) is 5.43 Å². The van der Waals surface area contributed by atoms with E-state index in [9.17, 15) is 13.2 Å². The Morgan fingerprint density at radius 2 is 1.57 bits per heavy atom. The molecular formula is C15H11F3N2O. The molecule has 0 bridgehead atoms. The molecule has 3 nitrogen and oxygen atoms in total. The molecule has 3 aromatic rings. The molecule has 1 aromatic heterocycles. The molecule has 1 unspecified atom stereocenters. The summed E-state index contributed by atoms with van der Waals surface area (Å²) in [6.07, 6.45) is 0. The van der Waals surface area contributed by atoms with Gasteiger partial charge in [-0.05, 0) is 24.3 Å². The van der Waals surface area contributed by atoms with Crippen molar-refractivity contribution in [3.63, 3.8) is 0 Å². The second kappa shape index (κ2) is 5.23. The number of hydrazine groups is 1. The lowest BCUT2D eigenvalue weighted by atomic mass is 10.0. The van der Waals surface area contributed by atoms with Gasteiger partial charge in [0.2, 0.25) is 0 Å². The standard InChI is InChI=1S/C15H11F3N2O/c16-9-4-2-5-10(17)13(9)14(20-19)12-7-8-3-1-6-11(18)15(8)21-12/h1-7,14,20H,19H2. The van der Waals surface area contributed by atoms with Gasteiger partial charge in [-0.15, -0.1) is 0 Å². The monoisotopic (exact) mass is 292 g/mol. The average Bonchev–Trinajstić information content (AvgIpc) is 2.88. The summed E-state index contributed by atoms with van der Waals surface area (Å²) < 4.78 is 46.7. The number of para-hydroxylation sites is 1. The molecule has 108 valence electrons. The van der Waals surface area contributed by atoms with Crippen molar-refractivity contribution >= 4 is 11.0 Å². The summed E-state index contributed by atoms with van der Waals surface area (Å²) >= 11 is 0. The molecule has 0 aliphatic rings. The van der Waals surface area contributed by atoms with Crippen LogP contribution in [0.5, 0.6) is 0 Å². The molecule has 0 spiro atoms. The highest BCUT2D eigenvalue weighted by molar-refractivity contribution is 5.78. The Bertz CT molecular complexity index is 780. The van der Waals surface area contributed by atoms with Crippen LogP contribution in [0.15, 0.2) is 46.9 Å². The lowest BCUT2D eigenvalue weighted by Crippen LogP contribution is -2.30. The molecule has 0 aliphatic carbocycles. The Balaban J connectivity index is 2.16. The summed E-state index contributed by atoms with van der Waals surface area (Å²) in [5, 5.41) is 0.488. The number of rotatable bonds is 3. The van der Waals surface area contributed by atoms with E-state index in [1.807, 2.05) is 0 Å². The SMILES string of the molecule is NNC(c1cc2cccc(F)c2o1)c1c(F)cccc1F. The lowest BCUT2D eigenvalue weighted by Gasteiger charge is -2.15. The van der Waals surface area contributed by atoms with Crippen LogP contribution >= 0.6 is 0 Å². The maximum absolute atomic E-state index is 13.9. The second-order valence-corrected chi connectivity index (χ2v) is 4.54. The first kappa shape index (κ1) is 13.7. The predicted molar refractivity (Wildman–Crippen MR) is 71.7 cm³/mol. The minimum Gasteiger partial charge on any atom is -0.456 e. The van der Waals surface area contributed by atoms with Crippen LogP contribution in [0.4, 0.5) is 13.2 Å². The lowest BCUT2D eigenvalue weighted by molar-refractivity contribution is 0.437. The van der Waals surface area contributed by atoms with Crippen LogP contribution in [-0.2, 0) is 0 Å². The number of benzene rings is 2. The Morgan fingerprint density at radius 1 is 0.952 bits per heavy atom. The smallest absolute Gasteiger partial charge is 0.169 e. The molecule has 21 heavy (non-hydrogen) atoms. The first-order valence-corrected chi connectivity index (χ1v) is 6.20. The highest BCUT2D eigenvalue weighted by Crippen LogP contribution is 2.31. The number of nitrogens with two attached hydrogens (primary N) is 1. The third-order valence-corrected chi connectivity index (χ3v) is 3.25. The second-order valence-electron chi connectivity index (χ2n) is 4.54. The van der Waals surface area contributed by atoms with Gasteiger partial charge in [-0.2, -0.15) is 0 Å². The molecule has 3 rings (SSSR count). The molecule has 0 aliphatic heterocycles.